The first-order chi connectivity index (χ1) is 15.5. The standard InChI is InChI=1S/C27H42N2O3/c1-4-28-17-11-5-6-12-18-29(26(30)22-13-7-8-14-22)23(19-21(2)3)20-32-25-16-10-9-15-24(25)27(28)31/h9-10,15-16,21-23H,4-8,11-14,17-20H2,1-3H3/t23-/m0/s1. The van der Waals surface area contributed by atoms with Crippen molar-refractivity contribution in [1.82, 2.24) is 9.80 Å². The second-order valence-corrected chi connectivity index (χ2v) is 9.90. The molecular weight excluding hydrogens is 400 g/mol. The molecule has 1 aliphatic carbocycles. The van der Waals surface area contributed by atoms with E-state index in [0.717, 1.165) is 58.0 Å². The third-order valence-corrected chi connectivity index (χ3v) is 6.97. The fraction of sp³-hybridized carbons (Fsp3) is 0.704. The summed E-state index contributed by atoms with van der Waals surface area (Å²) < 4.78 is 6.31. The van der Waals surface area contributed by atoms with Gasteiger partial charge >= 0.3 is 0 Å². The van der Waals surface area contributed by atoms with E-state index in [0.29, 0.717) is 36.3 Å². The highest BCUT2D eigenvalue weighted by Crippen LogP contribution is 2.29. The molecule has 1 aromatic rings. The summed E-state index contributed by atoms with van der Waals surface area (Å²) in [4.78, 5) is 30.8. The Labute approximate surface area is 194 Å². The number of benzene rings is 1. The van der Waals surface area contributed by atoms with E-state index in [1.165, 1.54) is 12.8 Å². The molecule has 0 N–H and O–H groups in total. The second-order valence-electron chi connectivity index (χ2n) is 9.90. The van der Waals surface area contributed by atoms with Crippen molar-refractivity contribution in [2.24, 2.45) is 11.8 Å². The van der Waals surface area contributed by atoms with Crippen molar-refractivity contribution in [2.75, 3.05) is 26.2 Å². The number of carbonyl (C=O) groups is 2. The Morgan fingerprint density at radius 2 is 1.72 bits per heavy atom. The van der Waals surface area contributed by atoms with Crippen molar-refractivity contribution < 1.29 is 14.3 Å². The van der Waals surface area contributed by atoms with Crippen LogP contribution in [-0.4, -0.2) is 53.9 Å². The third kappa shape index (κ3) is 6.49. The summed E-state index contributed by atoms with van der Waals surface area (Å²) in [6, 6.07) is 7.62. The minimum atomic E-state index is 0.0384. The number of carbonyl (C=O) groups excluding carboxylic acids is 2. The summed E-state index contributed by atoms with van der Waals surface area (Å²) in [6.45, 7) is 9.17. The summed E-state index contributed by atoms with van der Waals surface area (Å²) >= 11 is 0. The molecule has 1 fully saturated rings. The predicted molar refractivity (Wildman–Crippen MR) is 129 cm³/mol. The summed E-state index contributed by atoms with van der Waals surface area (Å²) in [5.41, 5.74) is 0.628. The molecule has 0 radical (unpaired) electrons. The van der Waals surface area contributed by atoms with Crippen molar-refractivity contribution in [3.05, 3.63) is 29.8 Å². The highest BCUT2D eigenvalue weighted by molar-refractivity contribution is 5.96. The topological polar surface area (TPSA) is 49.9 Å². The average molecular weight is 443 g/mol. The van der Waals surface area contributed by atoms with Crippen LogP contribution in [-0.2, 0) is 4.79 Å². The first kappa shape index (κ1) is 24.6. The van der Waals surface area contributed by atoms with Gasteiger partial charge in [0.1, 0.15) is 12.4 Å². The van der Waals surface area contributed by atoms with E-state index in [1.807, 2.05) is 36.1 Å². The van der Waals surface area contributed by atoms with Crippen molar-refractivity contribution in [3.63, 3.8) is 0 Å². The molecule has 1 atom stereocenters. The number of ether oxygens (including phenoxy) is 1. The van der Waals surface area contributed by atoms with E-state index in [2.05, 4.69) is 18.7 Å². The van der Waals surface area contributed by atoms with Gasteiger partial charge in [0, 0.05) is 25.6 Å². The Kier molecular flexibility index (Phi) is 9.43. The first-order valence-electron chi connectivity index (χ1n) is 12.8. The number of para-hydroxylation sites is 1. The Morgan fingerprint density at radius 3 is 2.41 bits per heavy atom. The minimum Gasteiger partial charge on any atom is -0.491 e. The molecule has 3 rings (SSSR count). The van der Waals surface area contributed by atoms with E-state index >= 15 is 0 Å². The normalized spacial score (nSPS) is 21.9. The molecule has 1 heterocycles. The molecule has 2 aliphatic rings. The van der Waals surface area contributed by atoms with Crippen LogP contribution in [0.2, 0.25) is 0 Å². The van der Waals surface area contributed by atoms with Gasteiger partial charge in [0.15, 0.2) is 0 Å². The van der Waals surface area contributed by atoms with Crippen LogP contribution in [0.5, 0.6) is 5.75 Å². The van der Waals surface area contributed by atoms with E-state index in [-0.39, 0.29) is 17.9 Å². The zero-order valence-electron chi connectivity index (χ0n) is 20.4. The van der Waals surface area contributed by atoms with E-state index < -0.39 is 0 Å². The van der Waals surface area contributed by atoms with Gasteiger partial charge in [-0.3, -0.25) is 9.59 Å². The lowest BCUT2D eigenvalue weighted by atomic mass is 9.99. The van der Waals surface area contributed by atoms with Gasteiger partial charge in [-0.1, -0.05) is 51.7 Å². The third-order valence-electron chi connectivity index (χ3n) is 6.97. The number of nitrogens with zero attached hydrogens (tertiary/aromatic N) is 2. The molecule has 0 bridgehead atoms. The van der Waals surface area contributed by atoms with Crippen LogP contribution in [0.3, 0.4) is 0 Å². The SMILES string of the molecule is CCN1CCCCCCN(C(=O)C2CCCC2)[C@@H](CC(C)C)COc2ccccc2C1=O. The molecule has 5 nitrogen and oxygen atoms in total. The van der Waals surface area contributed by atoms with Crippen molar-refractivity contribution in [3.8, 4) is 5.75 Å². The van der Waals surface area contributed by atoms with Crippen LogP contribution in [0, 0.1) is 11.8 Å². The van der Waals surface area contributed by atoms with Gasteiger partial charge < -0.3 is 14.5 Å². The van der Waals surface area contributed by atoms with Gasteiger partial charge in [-0.15, -0.1) is 0 Å². The number of hydrogen-bond acceptors (Lipinski definition) is 3. The lowest BCUT2D eigenvalue weighted by Gasteiger charge is -2.35. The van der Waals surface area contributed by atoms with Crippen molar-refractivity contribution in [1.29, 1.82) is 0 Å². The fourth-order valence-corrected chi connectivity index (χ4v) is 5.18. The highest BCUT2D eigenvalue weighted by atomic mass is 16.5. The molecule has 1 saturated carbocycles. The van der Waals surface area contributed by atoms with Gasteiger partial charge in [0.05, 0.1) is 11.6 Å². The molecule has 1 aromatic carbocycles. The van der Waals surface area contributed by atoms with Crippen LogP contribution in [0.15, 0.2) is 24.3 Å². The maximum Gasteiger partial charge on any atom is 0.257 e. The summed E-state index contributed by atoms with van der Waals surface area (Å²) in [6.07, 6.45) is 9.48. The van der Waals surface area contributed by atoms with E-state index in [1.54, 1.807) is 0 Å². The highest BCUT2D eigenvalue weighted by Gasteiger charge is 2.32. The average Bonchev–Trinajstić information content (AvgIpc) is 3.33. The van der Waals surface area contributed by atoms with E-state index in [9.17, 15) is 9.59 Å². The molecule has 32 heavy (non-hydrogen) atoms. The minimum absolute atomic E-state index is 0.0384. The van der Waals surface area contributed by atoms with Crippen molar-refractivity contribution >= 4 is 11.8 Å². The van der Waals surface area contributed by atoms with Gasteiger partial charge in [-0.05, 0) is 57.1 Å². The Morgan fingerprint density at radius 1 is 1.03 bits per heavy atom. The largest absolute Gasteiger partial charge is 0.491 e. The van der Waals surface area contributed by atoms with Crippen LogP contribution >= 0.6 is 0 Å². The van der Waals surface area contributed by atoms with Crippen LogP contribution < -0.4 is 4.74 Å². The smallest absolute Gasteiger partial charge is 0.257 e. The van der Waals surface area contributed by atoms with Gasteiger partial charge in [-0.25, -0.2) is 0 Å². The van der Waals surface area contributed by atoms with Gasteiger partial charge in [-0.2, -0.15) is 0 Å². The summed E-state index contributed by atoms with van der Waals surface area (Å²) in [5.74, 6) is 1.64. The quantitative estimate of drug-likeness (QED) is 0.615. The number of fused-ring (bicyclic) bond motifs is 1. The lowest BCUT2D eigenvalue weighted by Crippen LogP contribution is -2.47. The number of amides is 2. The van der Waals surface area contributed by atoms with Crippen LogP contribution in [0.4, 0.5) is 0 Å². The predicted octanol–water partition coefficient (Wildman–Crippen LogP) is 5.54. The maximum atomic E-state index is 13.5. The zero-order valence-corrected chi connectivity index (χ0v) is 20.4. The molecule has 5 heteroatoms. The monoisotopic (exact) mass is 442 g/mol. The number of rotatable bonds is 4. The zero-order chi connectivity index (χ0) is 22.9. The lowest BCUT2D eigenvalue weighted by molar-refractivity contribution is -0.139. The molecule has 0 spiro atoms. The molecule has 1 aliphatic heterocycles. The Balaban J connectivity index is 1.87. The molecule has 0 saturated heterocycles. The van der Waals surface area contributed by atoms with Crippen LogP contribution in [0.25, 0.3) is 0 Å². The Bertz CT molecular complexity index is 742. The molecule has 0 aromatic heterocycles. The molecule has 2 amide bonds. The molecule has 178 valence electrons. The summed E-state index contributed by atoms with van der Waals surface area (Å²) in [5, 5.41) is 0. The van der Waals surface area contributed by atoms with Crippen LogP contribution in [0.1, 0.15) is 88.9 Å². The maximum absolute atomic E-state index is 13.5. The molecule has 0 unspecified atom stereocenters. The first-order valence-corrected chi connectivity index (χ1v) is 12.8. The fourth-order valence-electron chi connectivity index (χ4n) is 5.18. The number of hydrogen-bond donors (Lipinski definition) is 0. The van der Waals surface area contributed by atoms with Crippen molar-refractivity contribution in [2.45, 2.75) is 84.6 Å². The summed E-state index contributed by atoms with van der Waals surface area (Å²) in [7, 11) is 0. The second kappa shape index (κ2) is 12.3. The van der Waals surface area contributed by atoms with Gasteiger partial charge in [0.25, 0.3) is 5.91 Å². The Hall–Kier alpha value is -2.04. The van der Waals surface area contributed by atoms with E-state index in [4.69, 9.17) is 4.74 Å². The molecular formula is C27H42N2O3. The van der Waals surface area contributed by atoms with Gasteiger partial charge in [0.2, 0.25) is 5.91 Å².